The highest BCUT2D eigenvalue weighted by molar-refractivity contribution is 5.97. The molecular weight excluding hydrogens is 282 g/mol. The van der Waals surface area contributed by atoms with Gasteiger partial charge in [-0.2, -0.15) is 0 Å². The summed E-state index contributed by atoms with van der Waals surface area (Å²) in [5.41, 5.74) is 18.3. The average Bonchev–Trinajstić information content (AvgIpc) is 2.52. The van der Waals surface area contributed by atoms with E-state index in [1.54, 1.807) is 6.08 Å². The van der Waals surface area contributed by atoms with Gasteiger partial charge in [0, 0.05) is 29.4 Å². The van der Waals surface area contributed by atoms with Crippen molar-refractivity contribution in [3.05, 3.63) is 76.4 Å². The second-order valence-corrected chi connectivity index (χ2v) is 5.70. The van der Waals surface area contributed by atoms with Crippen LogP contribution in [0.4, 0.5) is 0 Å². The Labute approximate surface area is 138 Å². The monoisotopic (exact) mass is 305 g/mol. The molecule has 0 bridgehead atoms. The van der Waals surface area contributed by atoms with E-state index < -0.39 is 0 Å². The molecule has 0 amide bonds. The highest BCUT2D eigenvalue weighted by Crippen LogP contribution is 2.17. The minimum atomic E-state index is 0.444. The average molecular weight is 305 g/mol. The van der Waals surface area contributed by atoms with Crippen molar-refractivity contribution in [1.82, 2.24) is 0 Å². The van der Waals surface area contributed by atoms with Gasteiger partial charge in [0.15, 0.2) is 0 Å². The first-order valence-electron chi connectivity index (χ1n) is 7.70. The number of rotatable bonds is 5. The summed E-state index contributed by atoms with van der Waals surface area (Å²) < 4.78 is 0. The van der Waals surface area contributed by atoms with Crippen LogP contribution in [0.3, 0.4) is 0 Å². The number of aliphatic imine (C=N–C) groups is 1. The maximum absolute atomic E-state index is 6.15. The molecule has 4 N–H and O–H groups in total. The highest BCUT2D eigenvalue weighted by Gasteiger charge is 2.03. The van der Waals surface area contributed by atoms with E-state index in [4.69, 9.17) is 11.5 Å². The molecule has 0 aliphatic rings. The van der Waals surface area contributed by atoms with Crippen LogP contribution < -0.4 is 11.5 Å². The third kappa shape index (κ3) is 4.62. The first-order chi connectivity index (χ1) is 11.0. The lowest BCUT2D eigenvalue weighted by molar-refractivity contribution is 0.967. The topological polar surface area (TPSA) is 64.4 Å². The predicted molar refractivity (Wildman–Crippen MR) is 97.1 cm³/mol. The third-order valence-electron chi connectivity index (χ3n) is 3.85. The normalized spacial score (nSPS) is 12.1. The smallest absolute Gasteiger partial charge is 0.120 e. The van der Waals surface area contributed by atoms with Crippen molar-refractivity contribution in [2.75, 3.05) is 6.54 Å². The van der Waals surface area contributed by atoms with Crippen molar-refractivity contribution in [3.63, 3.8) is 0 Å². The summed E-state index contributed by atoms with van der Waals surface area (Å²) >= 11 is 0. The number of nitrogens with two attached hydrogens (primary N) is 2. The maximum atomic E-state index is 6.15. The second kappa shape index (κ2) is 7.51. The first kappa shape index (κ1) is 16.6. The van der Waals surface area contributed by atoms with E-state index in [-0.39, 0.29) is 0 Å². The summed E-state index contributed by atoms with van der Waals surface area (Å²) in [5.74, 6) is 0.444. The number of amidine groups is 1. The standard InChI is InChI=1S/C20H23N3/c1-14-7-9-17(10-8-14)11-12-23-20(22)13-19(21)18-6-4-5-15(2)16(18)3/h4-7,9,13H,11-12,21H2,1-3H3,(H2,22,23)/b19-13-. The summed E-state index contributed by atoms with van der Waals surface area (Å²) in [4.78, 5) is 4.36. The van der Waals surface area contributed by atoms with Crippen LogP contribution in [0.25, 0.3) is 5.70 Å². The molecule has 0 aliphatic heterocycles. The molecule has 0 radical (unpaired) electrons. The molecule has 0 atom stereocenters. The van der Waals surface area contributed by atoms with Gasteiger partial charge in [-0.05, 0) is 49.9 Å². The van der Waals surface area contributed by atoms with Crippen LogP contribution in [-0.2, 0) is 6.42 Å². The molecule has 23 heavy (non-hydrogen) atoms. The molecule has 0 fully saturated rings. The molecule has 2 rings (SSSR count). The Bertz CT molecular complexity index is 725. The van der Waals surface area contributed by atoms with Crippen LogP contribution in [0.2, 0.25) is 0 Å². The van der Waals surface area contributed by atoms with Crippen LogP contribution in [0.1, 0.15) is 27.8 Å². The molecule has 0 aliphatic carbocycles. The lowest BCUT2D eigenvalue weighted by Crippen LogP contribution is -2.13. The third-order valence-corrected chi connectivity index (χ3v) is 3.85. The summed E-state index contributed by atoms with van der Waals surface area (Å²) in [6, 6.07) is 16.3. The number of hydrogen-bond acceptors (Lipinski definition) is 2. The van der Waals surface area contributed by atoms with E-state index >= 15 is 0 Å². The Kier molecular flexibility index (Phi) is 5.43. The van der Waals surface area contributed by atoms with Crippen molar-refractivity contribution in [3.8, 4) is 0 Å². The summed E-state index contributed by atoms with van der Waals surface area (Å²) in [5, 5.41) is 0. The van der Waals surface area contributed by atoms with Gasteiger partial charge in [0.1, 0.15) is 5.84 Å². The van der Waals surface area contributed by atoms with Gasteiger partial charge >= 0.3 is 0 Å². The number of aryl methyl sites for hydroxylation is 2. The van der Waals surface area contributed by atoms with Crippen LogP contribution in [0.5, 0.6) is 0 Å². The zero-order valence-corrected chi connectivity index (χ0v) is 14.0. The lowest BCUT2D eigenvalue weighted by atomic mass is 10.0. The Morgan fingerprint density at radius 1 is 1.09 bits per heavy atom. The fourth-order valence-electron chi connectivity index (χ4n) is 2.29. The lowest BCUT2D eigenvalue weighted by Gasteiger charge is -2.08. The quantitative estimate of drug-likeness (QED) is 0.658. The van der Waals surface area contributed by atoms with Crippen LogP contribution in [0.15, 0.2) is 41.4 Å². The molecule has 0 heterocycles. The van der Waals surface area contributed by atoms with E-state index in [0.29, 0.717) is 18.1 Å². The fourth-order valence-corrected chi connectivity index (χ4v) is 2.29. The summed E-state index contributed by atoms with van der Waals surface area (Å²) in [6.07, 6.45) is 2.52. The second-order valence-electron chi connectivity index (χ2n) is 5.70. The molecule has 118 valence electrons. The van der Waals surface area contributed by atoms with Crippen molar-refractivity contribution in [2.24, 2.45) is 16.5 Å². The van der Waals surface area contributed by atoms with E-state index in [0.717, 1.165) is 23.1 Å². The van der Waals surface area contributed by atoms with E-state index in [1.165, 1.54) is 11.1 Å². The number of hydrogen-bond donors (Lipinski definition) is 2. The highest BCUT2D eigenvalue weighted by atomic mass is 14.8. The molecule has 3 heteroatoms. The summed E-state index contributed by atoms with van der Waals surface area (Å²) in [7, 11) is 0. The van der Waals surface area contributed by atoms with Crippen LogP contribution >= 0.6 is 0 Å². The zero-order chi connectivity index (χ0) is 16.8. The number of nitrogens with zero attached hydrogens (tertiary/aromatic N) is 1. The van der Waals surface area contributed by atoms with Crippen LogP contribution in [-0.4, -0.2) is 12.4 Å². The minimum absolute atomic E-state index is 0.444. The van der Waals surface area contributed by atoms with Crippen molar-refractivity contribution in [2.45, 2.75) is 27.2 Å². The van der Waals surface area contributed by atoms with Crippen molar-refractivity contribution in [1.29, 1.82) is 0 Å². The Morgan fingerprint density at radius 3 is 2.57 bits per heavy atom. The zero-order valence-electron chi connectivity index (χ0n) is 14.0. The van der Waals surface area contributed by atoms with Gasteiger partial charge in [0.05, 0.1) is 0 Å². The molecule has 0 saturated carbocycles. The molecule has 2 aromatic carbocycles. The Balaban J connectivity index is 2.03. The van der Waals surface area contributed by atoms with E-state index in [9.17, 15) is 0 Å². The van der Waals surface area contributed by atoms with Gasteiger partial charge in [-0.1, -0.05) is 36.4 Å². The molecule has 0 saturated heterocycles. The maximum Gasteiger partial charge on any atom is 0.120 e. The predicted octanol–water partition coefficient (Wildman–Crippen LogP) is 3.11. The van der Waals surface area contributed by atoms with E-state index in [1.807, 2.05) is 31.2 Å². The minimum Gasteiger partial charge on any atom is -0.398 e. The Morgan fingerprint density at radius 2 is 1.87 bits per heavy atom. The first-order valence-corrected chi connectivity index (χ1v) is 7.70. The van der Waals surface area contributed by atoms with Gasteiger partial charge < -0.3 is 11.5 Å². The summed E-state index contributed by atoms with van der Waals surface area (Å²) in [6.45, 7) is 6.73. The molecule has 0 spiro atoms. The van der Waals surface area contributed by atoms with Gasteiger partial charge in [-0.25, -0.2) is 0 Å². The molecular formula is C20H23N3. The van der Waals surface area contributed by atoms with Gasteiger partial charge in [-0.15, -0.1) is 0 Å². The van der Waals surface area contributed by atoms with Crippen molar-refractivity contribution >= 4 is 11.5 Å². The van der Waals surface area contributed by atoms with Gasteiger partial charge in [0.2, 0.25) is 0 Å². The van der Waals surface area contributed by atoms with Crippen molar-refractivity contribution < 1.29 is 0 Å². The Hall–Kier alpha value is -2.73. The van der Waals surface area contributed by atoms with Gasteiger partial charge in [-0.3, -0.25) is 4.99 Å². The molecule has 3 nitrogen and oxygen atoms in total. The molecule has 2 aromatic rings. The molecule has 0 unspecified atom stereocenters. The SMILES string of the molecule is Cc1c#cc(CCN=C(N)/C=C(\N)c2cccc(C)c2C)cc1. The van der Waals surface area contributed by atoms with Gasteiger partial charge in [0.25, 0.3) is 0 Å². The molecule has 0 aromatic heterocycles. The number of benzene rings is 1. The fraction of sp³-hybridized carbons (Fsp3) is 0.250. The largest absolute Gasteiger partial charge is 0.398 e. The van der Waals surface area contributed by atoms with Crippen LogP contribution in [0, 0.1) is 32.9 Å². The van der Waals surface area contributed by atoms with E-state index in [2.05, 4.69) is 37.0 Å².